The molecule has 1 nitrogen and oxygen atoms in total. The Balaban J connectivity index is 0.959. The Morgan fingerprint density at radius 3 is 1.38 bits per heavy atom. The van der Waals surface area contributed by atoms with Gasteiger partial charge in [-0.1, -0.05) is 212 Å². The van der Waals surface area contributed by atoms with E-state index in [1.807, 2.05) is 0 Å². The normalized spacial score (nSPS) is 11.5. The van der Waals surface area contributed by atoms with Crippen molar-refractivity contribution in [1.82, 2.24) is 0 Å². The minimum absolute atomic E-state index is 1.11. The number of para-hydroxylation sites is 1. The van der Waals surface area contributed by atoms with Crippen LogP contribution in [0.15, 0.2) is 237 Å². The Morgan fingerprint density at radius 2 is 0.754 bits per heavy atom. The van der Waals surface area contributed by atoms with Gasteiger partial charge in [0.05, 0.1) is 0 Å². The number of fused-ring (bicyclic) bond motifs is 4. The average molecular weight is 776 g/mol. The predicted octanol–water partition coefficient (Wildman–Crippen LogP) is 16.9. The summed E-state index contributed by atoms with van der Waals surface area (Å²) in [6, 6.07) is 85.7. The molecule has 286 valence electrons. The standard InChI is InChI=1S/C60H41N/c1-3-16-44(17-4-1)53-40-36-45(52-21-9-10-22-54(52)53)30-27-42-28-31-46(32-29-42)59-55-23-11-13-25-57(55)60(58-26-14-12-24-56(58)59)47-34-37-50(38-35-47)61(49-19-5-2-6-20-49)51-39-33-43-15-7-8-18-48(43)41-51/h1-41H/b30-27+. The number of anilines is 3. The number of nitrogens with zero attached hydrogens (tertiary/aromatic N) is 1. The molecule has 11 aromatic rings. The highest BCUT2D eigenvalue weighted by molar-refractivity contribution is 6.21. The van der Waals surface area contributed by atoms with Gasteiger partial charge in [0.15, 0.2) is 0 Å². The Morgan fingerprint density at radius 1 is 0.279 bits per heavy atom. The second kappa shape index (κ2) is 15.6. The van der Waals surface area contributed by atoms with E-state index in [4.69, 9.17) is 0 Å². The number of hydrogen-bond acceptors (Lipinski definition) is 1. The molecule has 0 bridgehead atoms. The molecule has 0 fully saturated rings. The lowest BCUT2D eigenvalue weighted by molar-refractivity contribution is 1.29. The van der Waals surface area contributed by atoms with Gasteiger partial charge < -0.3 is 4.90 Å². The monoisotopic (exact) mass is 775 g/mol. The summed E-state index contributed by atoms with van der Waals surface area (Å²) in [7, 11) is 0. The molecule has 0 spiro atoms. The maximum absolute atomic E-state index is 2.35. The van der Waals surface area contributed by atoms with Crippen LogP contribution in [-0.2, 0) is 0 Å². The molecule has 0 N–H and O–H groups in total. The van der Waals surface area contributed by atoms with Gasteiger partial charge in [-0.05, 0) is 124 Å². The van der Waals surface area contributed by atoms with Crippen LogP contribution >= 0.6 is 0 Å². The molecular formula is C60H41N. The lowest BCUT2D eigenvalue weighted by atomic mass is 9.86. The molecule has 0 heterocycles. The van der Waals surface area contributed by atoms with E-state index in [2.05, 4.69) is 254 Å². The van der Waals surface area contributed by atoms with Crippen LogP contribution in [0.1, 0.15) is 11.1 Å². The molecule has 0 aliphatic heterocycles. The highest BCUT2D eigenvalue weighted by atomic mass is 15.1. The minimum atomic E-state index is 1.11. The first-order chi connectivity index (χ1) is 30.3. The summed E-state index contributed by atoms with van der Waals surface area (Å²) in [5.41, 5.74) is 13.1. The molecule has 0 unspecified atom stereocenters. The first-order valence-corrected chi connectivity index (χ1v) is 21.0. The number of rotatable bonds is 8. The van der Waals surface area contributed by atoms with Gasteiger partial charge >= 0.3 is 0 Å². The minimum Gasteiger partial charge on any atom is -0.310 e. The van der Waals surface area contributed by atoms with Crippen LogP contribution < -0.4 is 4.90 Å². The quantitative estimate of drug-likeness (QED) is 0.110. The van der Waals surface area contributed by atoms with E-state index < -0.39 is 0 Å². The van der Waals surface area contributed by atoms with Gasteiger partial charge in [0.25, 0.3) is 0 Å². The van der Waals surface area contributed by atoms with Crippen LogP contribution in [0.5, 0.6) is 0 Å². The van der Waals surface area contributed by atoms with Crippen LogP contribution in [-0.4, -0.2) is 0 Å². The molecule has 0 aliphatic rings. The van der Waals surface area contributed by atoms with Crippen LogP contribution in [0.3, 0.4) is 0 Å². The molecule has 0 saturated carbocycles. The molecule has 0 saturated heterocycles. The second-order valence-corrected chi connectivity index (χ2v) is 15.7. The van der Waals surface area contributed by atoms with E-state index in [-0.39, 0.29) is 0 Å². The lowest BCUT2D eigenvalue weighted by Gasteiger charge is -2.26. The van der Waals surface area contributed by atoms with Crippen molar-refractivity contribution in [2.75, 3.05) is 4.90 Å². The fraction of sp³-hybridized carbons (Fsp3) is 0. The Hall–Kier alpha value is -8.00. The van der Waals surface area contributed by atoms with Crippen molar-refractivity contribution in [3.8, 4) is 33.4 Å². The molecule has 61 heavy (non-hydrogen) atoms. The fourth-order valence-corrected chi connectivity index (χ4v) is 9.15. The van der Waals surface area contributed by atoms with Gasteiger partial charge in [-0.25, -0.2) is 0 Å². The summed E-state index contributed by atoms with van der Waals surface area (Å²) in [6.07, 6.45) is 4.48. The van der Waals surface area contributed by atoms with Crippen molar-refractivity contribution in [3.63, 3.8) is 0 Å². The summed E-state index contributed by atoms with van der Waals surface area (Å²) in [5.74, 6) is 0. The zero-order chi connectivity index (χ0) is 40.5. The highest BCUT2D eigenvalue weighted by Crippen LogP contribution is 2.45. The summed E-state index contributed by atoms with van der Waals surface area (Å²) in [6.45, 7) is 0. The van der Waals surface area contributed by atoms with Gasteiger partial charge in [0.1, 0.15) is 0 Å². The van der Waals surface area contributed by atoms with E-state index >= 15 is 0 Å². The Labute approximate surface area is 356 Å². The Bertz CT molecular complexity index is 3330. The van der Waals surface area contributed by atoms with Crippen LogP contribution in [0, 0.1) is 0 Å². The highest BCUT2D eigenvalue weighted by Gasteiger charge is 2.18. The summed E-state index contributed by atoms with van der Waals surface area (Å²) >= 11 is 0. The van der Waals surface area contributed by atoms with Crippen molar-refractivity contribution >= 4 is 72.3 Å². The molecule has 0 amide bonds. The largest absolute Gasteiger partial charge is 0.310 e. The second-order valence-electron chi connectivity index (χ2n) is 15.7. The molecule has 0 atom stereocenters. The fourth-order valence-electron chi connectivity index (χ4n) is 9.15. The smallest absolute Gasteiger partial charge is 0.0468 e. The number of benzene rings is 11. The third-order valence-electron chi connectivity index (χ3n) is 12.0. The summed E-state index contributed by atoms with van der Waals surface area (Å²) in [5, 5.41) is 9.95. The van der Waals surface area contributed by atoms with E-state index in [1.165, 1.54) is 87.6 Å². The van der Waals surface area contributed by atoms with Gasteiger partial charge in [-0.15, -0.1) is 0 Å². The van der Waals surface area contributed by atoms with E-state index in [1.54, 1.807) is 0 Å². The topological polar surface area (TPSA) is 3.24 Å². The van der Waals surface area contributed by atoms with Crippen LogP contribution in [0.4, 0.5) is 17.1 Å². The molecule has 11 aromatic carbocycles. The molecule has 0 aromatic heterocycles. The van der Waals surface area contributed by atoms with Crippen molar-refractivity contribution in [1.29, 1.82) is 0 Å². The third kappa shape index (κ3) is 6.73. The molecule has 0 radical (unpaired) electrons. The molecule has 11 rings (SSSR count). The van der Waals surface area contributed by atoms with Gasteiger partial charge in [0.2, 0.25) is 0 Å². The van der Waals surface area contributed by atoms with Gasteiger partial charge in [-0.3, -0.25) is 0 Å². The summed E-state index contributed by atoms with van der Waals surface area (Å²) in [4.78, 5) is 2.35. The van der Waals surface area contributed by atoms with Crippen LogP contribution in [0.25, 0.3) is 88.6 Å². The average Bonchev–Trinajstić information content (AvgIpc) is 3.33. The van der Waals surface area contributed by atoms with Crippen molar-refractivity contribution < 1.29 is 0 Å². The van der Waals surface area contributed by atoms with E-state index in [0.29, 0.717) is 0 Å². The lowest BCUT2D eigenvalue weighted by Crippen LogP contribution is -2.09. The first kappa shape index (κ1) is 36.1. The summed E-state index contributed by atoms with van der Waals surface area (Å²) < 4.78 is 0. The van der Waals surface area contributed by atoms with Crippen molar-refractivity contribution in [3.05, 3.63) is 248 Å². The molecule has 1 heteroatoms. The maximum atomic E-state index is 2.35. The van der Waals surface area contributed by atoms with Crippen molar-refractivity contribution in [2.24, 2.45) is 0 Å². The SMILES string of the molecule is C(=C\c1ccc(-c2ccccc2)c2ccccc12)/c1ccc(-c2c3ccccc3c(-c3ccc(N(c4ccccc4)c4ccc5ccccc5c4)cc3)c3ccccc23)cc1. The predicted molar refractivity (Wildman–Crippen MR) is 263 cm³/mol. The first-order valence-electron chi connectivity index (χ1n) is 21.0. The van der Waals surface area contributed by atoms with Crippen LogP contribution in [0.2, 0.25) is 0 Å². The number of hydrogen-bond donors (Lipinski definition) is 0. The third-order valence-corrected chi connectivity index (χ3v) is 12.0. The Kier molecular flexibility index (Phi) is 9.26. The van der Waals surface area contributed by atoms with E-state index in [9.17, 15) is 0 Å². The molecular weight excluding hydrogens is 735 g/mol. The zero-order valence-corrected chi connectivity index (χ0v) is 33.6. The van der Waals surface area contributed by atoms with Gasteiger partial charge in [0, 0.05) is 17.1 Å². The maximum Gasteiger partial charge on any atom is 0.0468 e. The van der Waals surface area contributed by atoms with E-state index in [0.717, 1.165) is 17.1 Å². The van der Waals surface area contributed by atoms with Crippen molar-refractivity contribution in [2.45, 2.75) is 0 Å². The zero-order valence-electron chi connectivity index (χ0n) is 33.6. The molecule has 0 aliphatic carbocycles. The van der Waals surface area contributed by atoms with Gasteiger partial charge in [-0.2, -0.15) is 0 Å².